The third-order valence-electron chi connectivity index (χ3n) is 2.67. The Kier molecular flexibility index (Phi) is 2.10. The van der Waals surface area contributed by atoms with E-state index >= 15 is 0 Å². The topological polar surface area (TPSA) is 50.4 Å². The number of hydrogen-bond donors (Lipinski definition) is 1. The highest BCUT2D eigenvalue weighted by Crippen LogP contribution is 2.30. The zero-order valence-corrected chi connectivity index (χ0v) is 8.91. The summed E-state index contributed by atoms with van der Waals surface area (Å²) in [4.78, 5) is 11.1. The van der Waals surface area contributed by atoms with E-state index in [9.17, 15) is 18.7 Å². The van der Waals surface area contributed by atoms with Gasteiger partial charge in [0.25, 0.3) is 0 Å². The van der Waals surface area contributed by atoms with Crippen LogP contribution in [0.25, 0.3) is 22.3 Å². The average molecular weight is 248 g/mol. The van der Waals surface area contributed by atoms with Crippen molar-refractivity contribution >= 4 is 11.0 Å². The second kappa shape index (κ2) is 3.53. The summed E-state index contributed by atoms with van der Waals surface area (Å²) in [6.07, 6.45) is 0. The van der Waals surface area contributed by atoms with Crippen molar-refractivity contribution in [2.24, 2.45) is 0 Å². The van der Waals surface area contributed by atoms with Gasteiger partial charge < -0.3 is 9.52 Å². The average Bonchev–Trinajstić information content (AvgIpc) is 2.31. The lowest BCUT2D eigenvalue weighted by Gasteiger charge is -2.07. The van der Waals surface area contributed by atoms with Gasteiger partial charge in [-0.2, -0.15) is 0 Å². The Balaban J connectivity index is 2.45. The van der Waals surface area contributed by atoms with Crippen molar-refractivity contribution in [3.63, 3.8) is 0 Å². The highest BCUT2D eigenvalue weighted by Gasteiger charge is 2.13. The molecule has 90 valence electrons. The molecule has 3 rings (SSSR count). The van der Waals surface area contributed by atoms with Crippen LogP contribution in [0.1, 0.15) is 0 Å². The maximum atomic E-state index is 13.2. The molecule has 0 fully saturated rings. The van der Waals surface area contributed by atoms with Gasteiger partial charge in [0.2, 0.25) is 5.43 Å². The highest BCUT2D eigenvalue weighted by atomic mass is 19.1. The largest absolute Gasteiger partial charge is 0.505 e. The van der Waals surface area contributed by atoms with E-state index in [1.165, 1.54) is 6.07 Å². The number of rotatable bonds is 0. The lowest BCUT2D eigenvalue weighted by atomic mass is 10.1. The minimum Gasteiger partial charge on any atom is -0.505 e. The molecule has 0 atom stereocenters. The summed E-state index contributed by atoms with van der Waals surface area (Å²) < 4.78 is 31.6. The molecule has 2 aliphatic rings. The predicted octanol–water partition coefficient (Wildman–Crippen LogP) is 2.88. The van der Waals surface area contributed by atoms with Crippen LogP contribution in [0.4, 0.5) is 8.78 Å². The van der Waals surface area contributed by atoms with Crippen LogP contribution in [0.15, 0.2) is 39.5 Å². The van der Waals surface area contributed by atoms with Crippen LogP contribution in [0, 0.1) is 11.6 Å². The van der Waals surface area contributed by atoms with Crippen molar-refractivity contribution in [3.8, 4) is 17.1 Å². The lowest BCUT2D eigenvalue weighted by Crippen LogP contribution is -2.05. The van der Waals surface area contributed by atoms with E-state index in [-0.39, 0.29) is 11.3 Å². The smallest absolute Gasteiger partial charge is 0.217 e. The van der Waals surface area contributed by atoms with Gasteiger partial charge in [0, 0.05) is 23.1 Å². The van der Waals surface area contributed by atoms with Crippen LogP contribution in [0.3, 0.4) is 0 Å². The molecule has 0 radical (unpaired) electrons. The summed E-state index contributed by atoms with van der Waals surface area (Å²) in [7, 11) is 0. The third kappa shape index (κ3) is 1.52. The lowest BCUT2D eigenvalue weighted by molar-refractivity contribution is 0.432. The van der Waals surface area contributed by atoms with E-state index in [1.54, 1.807) is 0 Å². The van der Waals surface area contributed by atoms with Gasteiger partial charge in [0.1, 0.15) is 11.3 Å². The van der Waals surface area contributed by atoms with Gasteiger partial charge in [-0.3, -0.25) is 4.79 Å². The van der Waals surface area contributed by atoms with Crippen LogP contribution in [-0.4, -0.2) is 5.11 Å². The first-order valence-corrected chi connectivity index (χ1v) is 5.10. The fourth-order valence-electron chi connectivity index (χ4n) is 1.80. The second-order valence-corrected chi connectivity index (χ2v) is 3.91. The highest BCUT2D eigenvalue weighted by molar-refractivity contribution is 5.83. The quantitative estimate of drug-likeness (QED) is 0.622. The number of halogens is 2. The monoisotopic (exact) mass is 248 g/mol. The molecular weight excluding hydrogens is 242 g/mol. The molecule has 1 aliphatic carbocycles. The third-order valence-corrected chi connectivity index (χ3v) is 2.67. The Bertz CT molecular complexity index is 792. The Labute approximate surface area is 99.2 Å². The maximum Gasteiger partial charge on any atom is 0.217 e. The van der Waals surface area contributed by atoms with Crippen LogP contribution in [0.5, 0.6) is 5.75 Å². The standard InChI is InChI=1S/C13H6F2O3/c14-8-2-6-1-7-3-9(15)11(17)5-13(7)18-12(6)4-10(8)16/h1-5,16H. The predicted molar refractivity (Wildman–Crippen MR) is 60.7 cm³/mol. The first-order chi connectivity index (χ1) is 8.54. The first kappa shape index (κ1) is 10.7. The van der Waals surface area contributed by atoms with Gasteiger partial charge in [-0.05, 0) is 18.2 Å². The van der Waals surface area contributed by atoms with E-state index in [2.05, 4.69) is 0 Å². The zero-order chi connectivity index (χ0) is 12.9. The van der Waals surface area contributed by atoms with Crippen LogP contribution in [-0.2, 0) is 0 Å². The first-order valence-electron chi connectivity index (χ1n) is 5.10. The number of aromatic hydroxyl groups is 1. The van der Waals surface area contributed by atoms with Crippen molar-refractivity contribution in [2.75, 3.05) is 0 Å². The van der Waals surface area contributed by atoms with E-state index in [1.807, 2.05) is 0 Å². The molecule has 1 aromatic rings. The molecule has 0 unspecified atom stereocenters. The summed E-state index contributed by atoms with van der Waals surface area (Å²) >= 11 is 0. The molecule has 0 amide bonds. The van der Waals surface area contributed by atoms with Crippen molar-refractivity contribution in [1.29, 1.82) is 0 Å². The molecule has 18 heavy (non-hydrogen) atoms. The van der Waals surface area contributed by atoms with Crippen molar-refractivity contribution in [1.82, 2.24) is 0 Å². The van der Waals surface area contributed by atoms with E-state index < -0.39 is 22.8 Å². The van der Waals surface area contributed by atoms with Crippen molar-refractivity contribution in [2.45, 2.75) is 0 Å². The minimum absolute atomic E-state index is 0.180. The van der Waals surface area contributed by atoms with E-state index in [0.29, 0.717) is 10.9 Å². The molecule has 1 heterocycles. The molecule has 0 saturated heterocycles. The van der Waals surface area contributed by atoms with Gasteiger partial charge in [0.15, 0.2) is 17.4 Å². The number of fused-ring (bicyclic) bond motifs is 2. The molecule has 1 aliphatic heterocycles. The molecule has 0 aromatic heterocycles. The molecule has 1 aromatic carbocycles. The Morgan fingerprint density at radius 2 is 1.78 bits per heavy atom. The minimum atomic E-state index is -0.892. The van der Waals surface area contributed by atoms with Crippen molar-refractivity contribution in [3.05, 3.63) is 52.2 Å². The summed E-state index contributed by atoms with van der Waals surface area (Å²) in [5, 5.41) is 9.60. The number of phenols is 1. The van der Waals surface area contributed by atoms with Gasteiger partial charge in [-0.25, -0.2) is 8.78 Å². The fourth-order valence-corrected chi connectivity index (χ4v) is 1.80. The van der Waals surface area contributed by atoms with Gasteiger partial charge in [-0.15, -0.1) is 0 Å². The van der Waals surface area contributed by atoms with Crippen LogP contribution < -0.4 is 5.43 Å². The number of benzene rings is 2. The summed E-state index contributed by atoms with van der Waals surface area (Å²) in [5.41, 5.74) is -0.214. The summed E-state index contributed by atoms with van der Waals surface area (Å²) in [6, 6.07) is 5.73. The molecule has 3 nitrogen and oxygen atoms in total. The molecule has 1 N–H and O–H groups in total. The van der Waals surface area contributed by atoms with Crippen LogP contribution in [0.2, 0.25) is 0 Å². The summed E-state index contributed by atoms with van der Waals surface area (Å²) in [6.45, 7) is 0. The zero-order valence-electron chi connectivity index (χ0n) is 8.91. The van der Waals surface area contributed by atoms with Crippen LogP contribution >= 0.6 is 0 Å². The van der Waals surface area contributed by atoms with Gasteiger partial charge in [-0.1, -0.05) is 0 Å². The van der Waals surface area contributed by atoms with Gasteiger partial charge in [0.05, 0.1) is 0 Å². The molecule has 0 spiro atoms. The number of phenolic OH excluding ortho intramolecular Hbond substituents is 1. The maximum absolute atomic E-state index is 13.2. The van der Waals surface area contributed by atoms with Gasteiger partial charge >= 0.3 is 0 Å². The SMILES string of the molecule is O=c1cc2oc3cc(O)c(F)cc3cc-2cc1F. The molecule has 5 heteroatoms. The number of hydrogen-bond acceptors (Lipinski definition) is 3. The summed E-state index contributed by atoms with van der Waals surface area (Å²) in [5.74, 6) is -2.05. The molecule has 0 bridgehead atoms. The normalized spacial score (nSPS) is 11.2. The van der Waals surface area contributed by atoms with E-state index in [4.69, 9.17) is 4.42 Å². The Hall–Kier alpha value is -2.43. The molecular formula is C13H6F2O3. The Morgan fingerprint density at radius 3 is 2.56 bits per heavy atom. The van der Waals surface area contributed by atoms with Crippen molar-refractivity contribution < 1.29 is 18.3 Å². The Morgan fingerprint density at radius 1 is 1.00 bits per heavy atom. The second-order valence-electron chi connectivity index (χ2n) is 3.91. The molecule has 0 saturated carbocycles. The fraction of sp³-hybridized carbons (Fsp3) is 0. The van der Waals surface area contributed by atoms with E-state index in [0.717, 1.165) is 24.3 Å².